The first-order chi connectivity index (χ1) is 6.43. The van der Waals surface area contributed by atoms with Crippen molar-refractivity contribution >= 4 is 5.71 Å². The van der Waals surface area contributed by atoms with Crippen LogP contribution in [0.5, 0.6) is 0 Å². The third-order valence-electron chi connectivity index (χ3n) is 2.12. The van der Waals surface area contributed by atoms with Crippen LogP contribution in [0.15, 0.2) is 0 Å². The number of hydrogen-bond donors (Lipinski definition) is 0. The summed E-state index contributed by atoms with van der Waals surface area (Å²) in [7, 11) is 0. The molecule has 0 spiro atoms. The molecule has 1 aliphatic rings. The fourth-order valence-electron chi connectivity index (χ4n) is 1.34. The first kappa shape index (κ1) is 10.7. The molecule has 7 heteroatoms. The van der Waals surface area contributed by atoms with Crippen LogP contribution in [0, 0.1) is 15.3 Å². The third-order valence-corrected chi connectivity index (χ3v) is 2.12. The van der Waals surface area contributed by atoms with Gasteiger partial charge in [0.1, 0.15) is 0 Å². The zero-order valence-corrected chi connectivity index (χ0v) is 8.22. The van der Waals surface area contributed by atoms with Gasteiger partial charge in [0.15, 0.2) is 0 Å². The van der Waals surface area contributed by atoms with Crippen molar-refractivity contribution in [2.24, 2.45) is 0 Å². The average Bonchev–Trinajstić information content (AvgIpc) is 2.31. The number of ether oxygens (including phenoxy) is 1. The molecule has 0 fully saturated rings. The second kappa shape index (κ2) is 3.41. The van der Waals surface area contributed by atoms with Crippen LogP contribution in [0.25, 0.3) is 0 Å². The molecule has 1 rings (SSSR count). The minimum atomic E-state index is -1.82. The second-order valence-corrected chi connectivity index (χ2v) is 3.14. The van der Waals surface area contributed by atoms with E-state index in [0.29, 0.717) is 0 Å². The summed E-state index contributed by atoms with van der Waals surface area (Å²) in [6.45, 7) is 4.64. The lowest BCUT2D eigenvalue weighted by Crippen LogP contribution is -2.48. The number of hydrogen-bond acceptors (Lipinski definition) is 5. The van der Waals surface area contributed by atoms with Crippen molar-refractivity contribution in [1.29, 1.82) is 0 Å². The Kier molecular flexibility index (Phi) is 2.61. The van der Waals surface area contributed by atoms with Gasteiger partial charge in [-0.1, -0.05) is 0 Å². The van der Waals surface area contributed by atoms with E-state index in [-0.39, 0.29) is 17.2 Å². The molecule has 0 radical (unpaired) electrons. The largest absolute Gasteiger partial charge is 0.361 e. The third kappa shape index (κ3) is 1.39. The first-order valence-corrected chi connectivity index (χ1v) is 4.19. The summed E-state index contributed by atoms with van der Waals surface area (Å²) in [5.41, 5.74) is -1.66. The van der Waals surface area contributed by atoms with Gasteiger partial charge in [0.25, 0.3) is 5.71 Å². The molecule has 1 heterocycles. The summed E-state index contributed by atoms with van der Waals surface area (Å²) < 4.78 is 5.12. The van der Waals surface area contributed by atoms with Gasteiger partial charge in [0.2, 0.25) is 6.10 Å². The lowest BCUT2D eigenvalue weighted by atomic mass is 10.1. The Labute approximate surface area is 80.6 Å². The Bertz CT molecular complexity index is 290. The maximum Gasteiger partial charge on any atom is 0.361 e. The van der Waals surface area contributed by atoms with Gasteiger partial charge in [-0.05, 0) is 6.92 Å². The van der Waals surface area contributed by atoms with Gasteiger partial charge >= 0.3 is 5.72 Å². The van der Waals surface area contributed by atoms with Crippen molar-refractivity contribution < 1.29 is 19.4 Å². The van der Waals surface area contributed by atoms with Crippen molar-refractivity contribution in [3.05, 3.63) is 15.3 Å². The Morgan fingerprint density at radius 3 is 2.79 bits per heavy atom. The lowest BCUT2D eigenvalue weighted by Gasteiger charge is -2.21. The van der Waals surface area contributed by atoms with Crippen LogP contribution >= 0.6 is 0 Å². The maximum atomic E-state index is 11.1. The summed E-state index contributed by atoms with van der Waals surface area (Å²) in [6, 6.07) is 0. The van der Waals surface area contributed by atoms with Crippen LogP contribution in [-0.2, 0) is 9.57 Å². The van der Waals surface area contributed by atoms with Crippen LogP contribution in [0.3, 0.4) is 0 Å². The highest BCUT2D eigenvalue weighted by Crippen LogP contribution is 2.26. The fourth-order valence-corrected chi connectivity index (χ4v) is 1.34. The van der Waals surface area contributed by atoms with Gasteiger partial charge in [-0.25, -0.2) is 0 Å². The summed E-state index contributed by atoms with van der Waals surface area (Å²) in [6.07, 6.45) is -0.931. The highest BCUT2D eigenvalue weighted by atomic mass is 16.9. The molecule has 1 unspecified atom stereocenters. The van der Waals surface area contributed by atoms with Crippen molar-refractivity contribution in [1.82, 2.24) is 0 Å². The minimum Gasteiger partial charge on any atom is -0.360 e. The van der Waals surface area contributed by atoms with Crippen LogP contribution in [0.1, 0.15) is 20.8 Å². The van der Waals surface area contributed by atoms with E-state index >= 15 is 0 Å². The summed E-state index contributed by atoms with van der Waals surface area (Å²) in [5, 5.41) is 21.8. The predicted octanol–water partition coefficient (Wildman–Crippen LogP) is 0.301. The summed E-state index contributed by atoms with van der Waals surface area (Å²) >= 11 is 0. The zero-order chi connectivity index (χ0) is 10.9. The smallest absolute Gasteiger partial charge is 0.360 e. The van der Waals surface area contributed by atoms with Crippen molar-refractivity contribution in [2.45, 2.75) is 32.6 Å². The molecule has 0 aromatic heterocycles. The molecule has 0 N–H and O–H groups in total. The van der Waals surface area contributed by atoms with Crippen molar-refractivity contribution in [3.63, 3.8) is 0 Å². The molecule has 1 aliphatic heterocycles. The molecule has 0 aromatic carbocycles. The van der Waals surface area contributed by atoms with E-state index < -0.39 is 16.8 Å². The van der Waals surface area contributed by atoms with E-state index in [1.807, 2.05) is 0 Å². The Morgan fingerprint density at radius 1 is 1.79 bits per heavy atom. The topological polar surface area (TPSA) is 87.7 Å². The Morgan fingerprint density at radius 2 is 2.36 bits per heavy atom. The Hall–Kier alpha value is -1.37. The van der Waals surface area contributed by atoms with Crippen molar-refractivity contribution in [2.75, 3.05) is 6.61 Å². The lowest BCUT2D eigenvalue weighted by molar-refractivity contribution is -0.825. The molecule has 80 valence electrons. The first-order valence-electron chi connectivity index (χ1n) is 4.19. The van der Waals surface area contributed by atoms with Gasteiger partial charge in [-0.15, -0.1) is 0 Å². The minimum absolute atomic E-state index is 0.142. The highest BCUT2D eigenvalue weighted by molar-refractivity contribution is 5.83. The van der Waals surface area contributed by atoms with Crippen LogP contribution < -0.4 is 0 Å². The van der Waals surface area contributed by atoms with E-state index in [2.05, 4.69) is 4.84 Å². The summed E-state index contributed by atoms with van der Waals surface area (Å²) in [4.78, 5) is 14.8. The molecular formula is C7H12N2O5. The van der Waals surface area contributed by atoms with E-state index in [4.69, 9.17) is 4.74 Å². The monoisotopic (exact) mass is 204 g/mol. The van der Waals surface area contributed by atoms with Gasteiger partial charge in [-0.2, -0.15) is 0 Å². The number of nitro groups is 1. The van der Waals surface area contributed by atoms with Crippen LogP contribution in [0.4, 0.5) is 0 Å². The zero-order valence-electron chi connectivity index (χ0n) is 8.22. The number of rotatable bonds is 3. The molecule has 0 saturated carbocycles. The molecule has 14 heavy (non-hydrogen) atoms. The number of nitrogens with zero attached hydrogens (tertiary/aromatic N) is 2. The Balaban J connectivity index is 2.98. The molecule has 0 aliphatic carbocycles. The molecule has 0 saturated heterocycles. The van der Waals surface area contributed by atoms with Crippen LogP contribution in [0.2, 0.25) is 0 Å². The average molecular weight is 204 g/mol. The molecule has 0 aromatic rings. The van der Waals surface area contributed by atoms with Gasteiger partial charge in [0, 0.05) is 30.3 Å². The second-order valence-electron chi connectivity index (χ2n) is 3.14. The van der Waals surface area contributed by atoms with Gasteiger partial charge in [0.05, 0.1) is 0 Å². The van der Waals surface area contributed by atoms with E-state index in [1.165, 1.54) is 13.8 Å². The fraction of sp³-hybridized carbons (Fsp3) is 0.857. The van der Waals surface area contributed by atoms with Crippen molar-refractivity contribution in [3.8, 4) is 0 Å². The summed E-state index contributed by atoms with van der Waals surface area (Å²) in [5.74, 6) is 0. The predicted molar refractivity (Wildman–Crippen MR) is 46.2 cm³/mol. The van der Waals surface area contributed by atoms with E-state index in [9.17, 15) is 15.3 Å². The highest BCUT2D eigenvalue weighted by Gasteiger charge is 2.57. The molecule has 0 bridgehead atoms. The van der Waals surface area contributed by atoms with Crippen LogP contribution in [-0.4, -0.2) is 34.0 Å². The van der Waals surface area contributed by atoms with Gasteiger partial charge in [-0.3, -0.25) is 15.3 Å². The maximum absolute atomic E-state index is 11.1. The van der Waals surface area contributed by atoms with Gasteiger partial charge < -0.3 is 9.57 Å². The molecule has 0 amide bonds. The molecule has 7 nitrogen and oxygen atoms in total. The molecular weight excluding hydrogens is 192 g/mol. The SMILES string of the molecule is CCOC1C(C)=[N+]([O-])O[C@]1(C)[N+](=O)[O-]. The molecule has 2 atom stereocenters. The quantitative estimate of drug-likeness (QED) is 0.375. The van der Waals surface area contributed by atoms with E-state index in [0.717, 1.165) is 0 Å². The normalized spacial score (nSPS) is 31.8. The standard InChI is InChI=1S/C7H12N2O5/c1-4-13-6-5(2)8(10)14-7(6,3)9(11)12/h6H,4H2,1-3H3/t6?,7-/m0/s1. The van der Waals surface area contributed by atoms with E-state index in [1.54, 1.807) is 6.92 Å².